The molecule has 0 saturated heterocycles. The van der Waals surface area contributed by atoms with Crippen molar-refractivity contribution in [2.24, 2.45) is 0 Å². The van der Waals surface area contributed by atoms with Crippen molar-refractivity contribution in [3.05, 3.63) is 58.4 Å². The smallest absolute Gasteiger partial charge is 0.271 e. The minimum Gasteiger partial charge on any atom is -1.00 e. The van der Waals surface area contributed by atoms with E-state index in [4.69, 9.17) is 4.74 Å². The number of hydrogen-bond donors (Lipinski definition) is 1. The maximum atomic E-state index is 12.1. The van der Waals surface area contributed by atoms with Gasteiger partial charge >= 0.3 is 0 Å². The zero-order chi connectivity index (χ0) is 16.8. The summed E-state index contributed by atoms with van der Waals surface area (Å²) in [6.45, 7) is 2.51. The summed E-state index contributed by atoms with van der Waals surface area (Å²) in [5.74, 6) is 0.142. The zero-order valence-corrected chi connectivity index (χ0v) is 14.9. The van der Waals surface area contributed by atoms with Crippen LogP contribution in [0.15, 0.2) is 42.7 Å². The summed E-state index contributed by atoms with van der Waals surface area (Å²) in [6.07, 6.45) is 4.05. The molecule has 0 unspecified atom stereocenters. The molecule has 1 aromatic carbocycles. The number of nitrogens with one attached hydrogen (secondary N) is 1. The lowest BCUT2D eigenvalue weighted by molar-refractivity contribution is -0.695. The normalized spacial score (nSPS) is 9.75. The van der Waals surface area contributed by atoms with Crippen LogP contribution in [0.25, 0.3) is 0 Å². The van der Waals surface area contributed by atoms with Gasteiger partial charge in [-0.3, -0.25) is 14.9 Å². The number of nitro benzene ring substituents is 1. The van der Waals surface area contributed by atoms with Gasteiger partial charge in [0, 0.05) is 24.3 Å². The van der Waals surface area contributed by atoms with Crippen molar-refractivity contribution >= 4 is 17.3 Å². The molecule has 0 spiro atoms. The first kappa shape index (κ1) is 19.6. The largest absolute Gasteiger partial charge is 1.00 e. The van der Waals surface area contributed by atoms with E-state index in [0.29, 0.717) is 18.0 Å². The molecule has 1 amide bonds. The van der Waals surface area contributed by atoms with Crippen LogP contribution in [0.2, 0.25) is 0 Å². The van der Waals surface area contributed by atoms with Gasteiger partial charge in [0.05, 0.1) is 24.1 Å². The van der Waals surface area contributed by atoms with Crippen LogP contribution in [0, 0.1) is 17.0 Å². The molecule has 0 aliphatic rings. The number of nitro groups is 1. The van der Waals surface area contributed by atoms with Crippen LogP contribution in [-0.4, -0.2) is 17.9 Å². The average Bonchev–Trinajstić information content (AvgIpc) is 2.54. The van der Waals surface area contributed by atoms with E-state index in [9.17, 15) is 14.9 Å². The Bertz CT molecular complexity index is 720. The predicted molar refractivity (Wildman–Crippen MR) is 84.3 cm³/mol. The Kier molecular flexibility index (Phi) is 7.31. The van der Waals surface area contributed by atoms with Gasteiger partial charge in [0.15, 0.2) is 18.9 Å². The highest BCUT2D eigenvalue weighted by Crippen LogP contribution is 2.28. The third-order valence-corrected chi connectivity index (χ3v) is 3.32. The molecule has 0 atom stereocenters. The Morgan fingerprint density at radius 2 is 1.96 bits per heavy atom. The molecular formula is C16H18BrN3O4. The van der Waals surface area contributed by atoms with Crippen LogP contribution in [0.1, 0.15) is 12.0 Å². The second-order valence-corrected chi connectivity index (χ2v) is 5.05. The van der Waals surface area contributed by atoms with Crippen molar-refractivity contribution < 1.29 is 36.0 Å². The van der Waals surface area contributed by atoms with Gasteiger partial charge in [0.25, 0.3) is 5.69 Å². The first-order valence-corrected chi connectivity index (χ1v) is 7.07. The number of halogens is 1. The number of methoxy groups -OCH3 is 1. The molecule has 2 rings (SSSR count). The van der Waals surface area contributed by atoms with Crippen molar-refractivity contribution in [3.63, 3.8) is 0 Å². The second kappa shape index (κ2) is 8.97. The minimum absolute atomic E-state index is 0. The Hall–Kier alpha value is -2.48. The van der Waals surface area contributed by atoms with Crippen LogP contribution in [-0.2, 0) is 11.3 Å². The maximum absolute atomic E-state index is 12.1. The van der Waals surface area contributed by atoms with Gasteiger partial charge in [-0.2, -0.15) is 0 Å². The predicted octanol–water partition coefficient (Wildman–Crippen LogP) is -0.768. The molecule has 7 nitrogen and oxygen atoms in total. The van der Waals surface area contributed by atoms with Gasteiger partial charge < -0.3 is 27.0 Å². The Labute approximate surface area is 150 Å². The summed E-state index contributed by atoms with van der Waals surface area (Å²) in [6, 6.07) is 8.00. The highest BCUT2D eigenvalue weighted by atomic mass is 79.9. The summed E-state index contributed by atoms with van der Waals surface area (Å²) >= 11 is 0. The van der Waals surface area contributed by atoms with E-state index in [0.717, 1.165) is 5.56 Å². The molecule has 0 saturated carbocycles. The number of carbonyl (C=O) groups is 1. The molecule has 1 heterocycles. The number of hydrogen-bond acceptors (Lipinski definition) is 4. The number of ether oxygens (including phenoxy) is 1. The summed E-state index contributed by atoms with van der Waals surface area (Å²) in [4.78, 5) is 22.4. The van der Waals surface area contributed by atoms with Crippen LogP contribution in [0.3, 0.4) is 0 Å². The molecule has 1 N–H and O–H groups in total. The molecule has 1 aromatic heterocycles. The van der Waals surface area contributed by atoms with Gasteiger partial charge in [0.2, 0.25) is 5.91 Å². The van der Waals surface area contributed by atoms with Crippen molar-refractivity contribution in [1.29, 1.82) is 0 Å². The zero-order valence-electron chi connectivity index (χ0n) is 13.4. The van der Waals surface area contributed by atoms with E-state index in [-0.39, 0.29) is 35.0 Å². The first-order valence-electron chi connectivity index (χ1n) is 7.07. The summed E-state index contributed by atoms with van der Waals surface area (Å²) in [7, 11) is 1.44. The number of nitrogens with zero attached hydrogens (tertiary/aromatic N) is 2. The summed E-state index contributed by atoms with van der Waals surface area (Å²) in [5, 5.41) is 13.5. The van der Waals surface area contributed by atoms with Gasteiger partial charge in [-0.1, -0.05) is 0 Å². The van der Waals surface area contributed by atoms with Gasteiger partial charge in [-0.15, -0.1) is 0 Å². The molecule has 8 heteroatoms. The molecule has 0 aliphatic carbocycles. The van der Waals surface area contributed by atoms with Crippen molar-refractivity contribution in [2.45, 2.75) is 19.9 Å². The molecule has 128 valence electrons. The summed E-state index contributed by atoms with van der Waals surface area (Å²) in [5.41, 5.74) is 1.33. The van der Waals surface area contributed by atoms with Crippen molar-refractivity contribution in [2.75, 3.05) is 12.4 Å². The van der Waals surface area contributed by atoms with Crippen LogP contribution in [0.5, 0.6) is 5.75 Å². The number of aryl methyl sites for hydroxylation is 2. The fraction of sp³-hybridized carbons (Fsp3) is 0.250. The lowest BCUT2D eigenvalue weighted by Gasteiger charge is -2.09. The number of non-ortho nitro benzene ring substituents is 1. The Morgan fingerprint density at radius 1 is 1.29 bits per heavy atom. The van der Waals surface area contributed by atoms with Crippen LogP contribution in [0.4, 0.5) is 11.4 Å². The second-order valence-electron chi connectivity index (χ2n) is 5.05. The molecule has 24 heavy (non-hydrogen) atoms. The van der Waals surface area contributed by atoms with Gasteiger partial charge in [0.1, 0.15) is 5.75 Å². The van der Waals surface area contributed by atoms with Crippen LogP contribution >= 0.6 is 0 Å². The molecular weight excluding hydrogens is 378 g/mol. The van der Waals surface area contributed by atoms with Gasteiger partial charge in [-0.05, 0) is 18.6 Å². The van der Waals surface area contributed by atoms with Crippen molar-refractivity contribution in [1.82, 2.24) is 0 Å². The monoisotopic (exact) mass is 395 g/mol. The fourth-order valence-electron chi connectivity index (χ4n) is 2.03. The first-order chi connectivity index (χ1) is 11.0. The van der Waals surface area contributed by atoms with Gasteiger partial charge in [-0.25, -0.2) is 4.57 Å². The third-order valence-electron chi connectivity index (χ3n) is 3.32. The number of anilines is 1. The highest BCUT2D eigenvalue weighted by molar-refractivity contribution is 5.92. The fourth-order valence-corrected chi connectivity index (χ4v) is 2.03. The number of amides is 1. The quantitative estimate of drug-likeness (QED) is 0.395. The van der Waals surface area contributed by atoms with E-state index in [1.807, 2.05) is 36.0 Å². The van der Waals surface area contributed by atoms with E-state index in [1.165, 1.54) is 25.3 Å². The average molecular weight is 396 g/mol. The molecule has 0 bridgehead atoms. The summed E-state index contributed by atoms with van der Waals surface area (Å²) < 4.78 is 7.01. The molecule has 2 aromatic rings. The lowest BCUT2D eigenvalue weighted by Crippen LogP contribution is -3.00. The van der Waals surface area contributed by atoms with E-state index in [2.05, 4.69) is 5.32 Å². The highest BCUT2D eigenvalue weighted by Gasteiger charge is 2.14. The van der Waals surface area contributed by atoms with E-state index >= 15 is 0 Å². The maximum Gasteiger partial charge on any atom is 0.271 e. The van der Waals surface area contributed by atoms with E-state index < -0.39 is 4.92 Å². The molecule has 0 radical (unpaired) electrons. The lowest BCUT2D eigenvalue weighted by atomic mass is 10.2. The van der Waals surface area contributed by atoms with Crippen molar-refractivity contribution in [3.8, 4) is 5.75 Å². The third kappa shape index (κ3) is 5.31. The Balaban J connectivity index is 0.00000288. The SMILES string of the molecule is COc1ccc([N+](=O)[O-])cc1NC(=O)CC[n+]1ccc(C)cc1.[Br-]. The van der Waals surface area contributed by atoms with Crippen LogP contribution < -0.4 is 31.6 Å². The van der Waals surface area contributed by atoms with E-state index in [1.54, 1.807) is 0 Å². The number of pyridine rings is 1. The topological polar surface area (TPSA) is 85.3 Å². The number of rotatable bonds is 6. The standard InChI is InChI=1S/C16H17N3O4.BrH/c1-12-5-8-18(9-6-12)10-7-16(20)17-14-11-13(19(21)22)3-4-15(14)23-2;/h3-6,8-9,11H,7,10H2,1-2H3;1H. The number of benzene rings is 1. The molecule has 0 fully saturated rings. The Morgan fingerprint density at radius 3 is 2.54 bits per heavy atom. The minimum atomic E-state index is -0.517. The molecule has 0 aliphatic heterocycles. The number of carbonyl (C=O) groups excluding carboxylic acids is 1. The number of aromatic nitrogens is 1.